The summed E-state index contributed by atoms with van der Waals surface area (Å²) in [4.78, 5) is 0. The smallest absolute Gasteiger partial charge is 0.314 e. The van der Waals surface area contributed by atoms with Crippen LogP contribution in [0.2, 0.25) is 78.1 Å². The second-order valence-corrected chi connectivity index (χ2v) is 30.2. The van der Waals surface area contributed by atoms with Gasteiger partial charge in [-0.15, -0.1) is 0 Å². The van der Waals surface area contributed by atoms with Gasteiger partial charge in [0, 0.05) is 13.2 Å². The van der Waals surface area contributed by atoms with Crippen LogP contribution in [0.5, 0.6) is 0 Å². The van der Waals surface area contributed by atoms with Crippen LogP contribution in [0.3, 0.4) is 0 Å². The topological polar surface area (TPSA) is 55.4 Å². The number of hydrogen-bond acceptors (Lipinski definition) is 6. The maximum atomic E-state index is 6.63. The van der Waals surface area contributed by atoms with Gasteiger partial charge in [0.15, 0.2) is 16.6 Å². The summed E-state index contributed by atoms with van der Waals surface area (Å²) < 4.78 is 36.8. The number of ether oxygens (including phenoxy) is 2. The Morgan fingerprint density at radius 3 is 1.48 bits per heavy atom. The zero-order chi connectivity index (χ0) is 23.0. The summed E-state index contributed by atoms with van der Waals surface area (Å²) in [6.45, 7) is 30.0. The van der Waals surface area contributed by atoms with Gasteiger partial charge in [-0.25, -0.2) is 0 Å². The fraction of sp³-hybridized carbons (Fsp3) is 0.944. The maximum absolute atomic E-state index is 6.63. The van der Waals surface area contributed by atoms with E-state index in [4.69, 9.17) is 25.9 Å². The van der Waals surface area contributed by atoms with E-state index in [9.17, 15) is 0 Å². The second-order valence-electron chi connectivity index (χ2n) is 10.3. The molecule has 0 heterocycles. The third kappa shape index (κ3) is 17.1. The zero-order valence-corrected chi connectivity index (χ0v) is 25.9. The molecule has 0 N–H and O–H groups in total. The molecule has 0 aliphatic carbocycles. The molecule has 0 aromatic rings. The molecule has 1 radical (unpaired) electrons. The minimum absolute atomic E-state index is 0.490. The summed E-state index contributed by atoms with van der Waals surface area (Å²) in [5.41, 5.74) is 0. The lowest BCUT2D eigenvalue weighted by molar-refractivity contribution is 0.0579. The van der Waals surface area contributed by atoms with Gasteiger partial charge in [0.25, 0.3) is 0 Å². The Kier molecular flexibility index (Phi) is 12.5. The highest BCUT2D eigenvalue weighted by atomic mass is 28.5. The average molecular weight is 500 g/mol. The van der Waals surface area contributed by atoms with Gasteiger partial charge < -0.3 is 25.9 Å². The predicted octanol–water partition coefficient (Wildman–Crippen LogP) is 5.46. The molecular weight excluding hydrogens is 453 g/mol. The highest BCUT2D eigenvalue weighted by molar-refractivity contribution is 6.90. The van der Waals surface area contributed by atoms with E-state index in [1.807, 2.05) is 0 Å². The van der Waals surface area contributed by atoms with E-state index in [0.29, 0.717) is 19.8 Å². The van der Waals surface area contributed by atoms with Crippen LogP contribution < -0.4 is 0 Å². The van der Waals surface area contributed by atoms with Crippen LogP contribution in [0, 0.1) is 6.92 Å². The van der Waals surface area contributed by atoms with E-state index in [-0.39, 0.29) is 0 Å². The normalized spacial score (nSPS) is 14.5. The molecule has 0 aromatic heterocycles. The van der Waals surface area contributed by atoms with E-state index >= 15 is 0 Å². The third-order valence-corrected chi connectivity index (χ3v) is 21.7. The first kappa shape index (κ1) is 29.8. The van der Waals surface area contributed by atoms with Gasteiger partial charge in [-0.05, 0) is 91.4 Å². The SMILES string of the molecule is [CH2]COCCOCCC[Si](C)(C)O[Si](C)(C)O[Si](C)(C)O[Si](C)(C)O[Si](C)(C)C. The van der Waals surface area contributed by atoms with E-state index in [0.717, 1.165) is 19.1 Å². The molecule has 0 bridgehead atoms. The molecule has 0 rings (SSSR count). The third-order valence-electron chi connectivity index (χ3n) is 3.64. The minimum Gasteiger partial charge on any atom is -0.437 e. The fourth-order valence-corrected chi connectivity index (χ4v) is 27.3. The van der Waals surface area contributed by atoms with Gasteiger partial charge in [-0.3, -0.25) is 0 Å². The fourth-order valence-electron chi connectivity index (χ4n) is 3.62. The Morgan fingerprint density at radius 1 is 0.552 bits per heavy atom. The molecule has 6 nitrogen and oxygen atoms in total. The van der Waals surface area contributed by atoms with Crippen molar-refractivity contribution in [3.8, 4) is 0 Å². The Morgan fingerprint density at radius 2 is 1.00 bits per heavy atom. The molecule has 0 saturated carbocycles. The highest BCUT2D eigenvalue weighted by Crippen LogP contribution is 2.27. The van der Waals surface area contributed by atoms with Crippen molar-refractivity contribution in [3.05, 3.63) is 6.92 Å². The first-order valence-electron chi connectivity index (χ1n) is 10.6. The summed E-state index contributed by atoms with van der Waals surface area (Å²) >= 11 is 0. The van der Waals surface area contributed by atoms with E-state index in [2.05, 4.69) is 78.9 Å². The Balaban J connectivity index is 4.58. The van der Waals surface area contributed by atoms with Gasteiger partial charge in [-0.2, -0.15) is 0 Å². The van der Waals surface area contributed by atoms with Crippen LogP contribution in [0.4, 0.5) is 0 Å². The summed E-state index contributed by atoms with van der Waals surface area (Å²) in [7, 11) is -10.4. The quantitative estimate of drug-likeness (QED) is 0.208. The monoisotopic (exact) mass is 499 g/mol. The summed E-state index contributed by atoms with van der Waals surface area (Å²) in [5, 5.41) is 0. The average Bonchev–Trinajstić information content (AvgIpc) is 2.39. The Labute approximate surface area is 186 Å². The van der Waals surface area contributed by atoms with Crippen molar-refractivity contribution in [1.29, 1.82) is 0 Å². The van der Waals surface area contributed by atoms with Gasteiger partial charge in [0.2, 0.25) is 0 Å². The van der Waals surface area contributed by atoms with E-state index in [1.54, 1.807) is 0 Å². The molecular formula is C18H47O6Si5. The molecule has 0 saturated heterocycles. The second kappa shape index (κ2) is 12.2. The first-order chi connectivity index (χ1) is 12.9. The van der Waals surface area contributed by atoms with Crippen molar-refractivity contribution < 1.29 is 25.9 Å². The van der Waals surface area contributed by atoms with Crippen LogP contribution >= 0.6 is 0 Å². The number of hydrogen-bond donors (Lipinski definition) is 0. The van der Waals surface area contributed by atoms with E-state index < -0.39 is 42.3 Å². The molecule has 175 valence electrons. The van der Waals surface area contributed by atoms with Crippen LogP contribution in [-0.2, 0) is 25.9 Å². The molecule has 0 fully saturated rings. The van der Waals surface area contributed by atoms with Crippen molar-refractivity contribution in [2.24, 2.45) is 0 Å². The maximum Gasteiger partial charge on any atom is 0.314 e. The lowest BCUT2D eigenvalue weighted by Crippen LogP contribution is -2.58. The molecule has 0 unspecified atom stereocenters. The van der Waals surface area contributed by atoms with Crippen molar-refractivity contribution >= 4 is 42.3 Å². The standard InChI is InChI=1S/C18H47O6Si5/c1-13-19-16-17-20-15-14-18-26(5,6)22-28(9,10)24-29(11,12)23-27(7,8)21-25(2,3)4/h1,13-18H2,2-12H3. The summed E-state index contributed by atoms with van der Waals surface area (Å²) in [5.74, 6) is 0. The Bertz CT molecular complexity index is 466. The zero-order valence-electron chi connectivity index (χ0n) is 20.9. The molecule has 0 atom stereocenters. The molecule has 29 heavy (non-hydrogen) atoms. The molecule has 0 spiro atoms. The van der Waals surface area contributed by atoms with Gasteiger partial charge in [0.1, 0.15) is 0 Å². The largest absolute Gasteiger partial charge is 0.437 e. The first-order valence-corrected chi connectivity index (χ1v) is 25.6. The minimum atomic E-state index is -2.36. The lowest BCUT2D eigenvalue weighted by atomic mass is 10.5. The van der Waals surface area contributed by atoms with E-state index in [1.165, 1.54) is 0 Å². The van der Waals surface area contributed by atoms with Crippen molar-refractivity contribution in [3.63, 3.8) is 0 Å². The molecule has 0 aliphatic rings. The Hall–Kier alpha value is 0.844. The molecule has 0 aromatic carbocycles. The molecule has 0 aliphatic heterocycles. The van der Waals surface area contributed by atoms with Crippen LogP contribution in [-0.4, -0.2) is 68.7 Å². The van der Waals surface area contributed by atoms with Gasteiger partial charge >= 0.3 is 25.7 Å². The summed E-state index contributed by atoms with van der Waals surface area (Å²) in [6.07, 6.45) is 0.995. The van der Waals surface area contributed by atoms with Crippen LogP contribution in [0.1, 0.15) is 6.42 Å². The van der Waals surface area contributed by atoms with Crippen molar-refractivity contribution in [1.82, 2.24) is 0 Å². The summed E-state index contributed by atoms with van der Waals surface area (Å²) in [6, 6.07) is 1.05. The lowest BCUT2D eigenvalue weighted by Gasteiger charge is -2.42. The number of rotatable bonds is 16. The van der Waals surface area contributed by atoms with Crippen molar-refractivity contribution in [2.75, 3.05) is 26.4 Å². The van der Waals surface area contributed by atoms with Gasteiger partial charge in [0.05, 0.1) is 13.2 Å². The molecule has 11 heteroatoms. The van der Waals surface area contributed by atoms with Crippen LogP contribution in [0.25, 0.3) is 0 Å². The van der Waals surface area contributed by atoms with Gasteiger partial charge in [-0.1, -0.05) is 0 Å². The van der Waals surface area contributed by atoms with Crippen molar-refractivity contribution in [2.45, 2.75) is 84.5 Å². The molecule has 0 amide bonds. The highest BCUT2D eigenvalue weighted by Gasteiger charge is 2.44. The predicted molar refractivity (Wildman–Crippen MR) is 134 cm³/mol. The van der Waals surface area contributed by atoms with Crippen LogP contribution in [0.15, 0.2) is 0 Å².